The zero-order chi connectivity index (χ0) is 21.6. The standard InChI is InChI=1S/C25H29FN4O/c1-19-8-5-6-16-29(19)17-7-15-27-25(31)24-18-23(20-9-3-2-4-10-20)28-30(24)22-13-11-21(26)12-14-22/h2-4,9-14,18-19H,5-8,15-17H2,1H3,(H,27,31)/t19-/m1/s1. The molecule has 5 nitrogen and oxygen atoms in total. The Morgan fingerprint density at radius 3 is 2.65 bits per heavy atom. The third kappa shape index (κ3) is 5.20. The van der Waals surface area contributed by atoms with Crippen LogP contribution in [0.1, 0.15) is 43.1 Å². The number of rotatable bonds is 7. The van der Waals surface area contributed by atoms with Crippen LogP contribution in [-0.4, -0.2) is 46.3 Å². The molecule has 1 aliphatic heterocycles. The highest BCUT2D eigenvalue weighted by molar-refractivity contribution is 5.94. The molecule has 0 aliphatic carbocycles. The van der Waals surface area contributed by atoms with Crippen LogP contribution >= 0.6 is 0 Å². The molecule has 31 heavy (non-hydrogen) atoms. The van der Waals surface area contributed by atoms with Gasteiger partial charge in [0.15, 0.2) is 0 Å². The van der Waals surface area contributed by atoms with Crippen molar-refractivity contribution in [3.05, 3.63) is 72.2 Å². The van der Waals surface area contributed by atoms with Crippen LogP contribution in [0.25, 0.3) is 16.9 Å². The van der Waals surface area contributed by atoms with Gasteiger partial charge in [0.05, 0.1) is 11.4 Å². The molecule has 0 spiro atoms. The Kier molecular flexibility index (Phi) is 6.77. The number of aromatic nitrogens is 2. The van der Waals surface area contributed by atoms with Crippen LogP contribution in [-0.2, 0) is 0 Å². The molecule has 0 radical (unpaired) electrons. The third-order valence-corrected chi connectivity index (χ3v) is 5.93. The number of hydrogen-bond acceptors (Lipinski definition) is 3. The monoisotopic (exact) mass is 420 g/mol. The average molecular weight is 421 g/mol. The van der Waals surface area contributed by atoms with Crippen LogP contribution in [0, 0.1) is 5.82 Å². The van der Waals surface area contributed by atoms with Crippen molar-refractivity contribution < 1.29 is 9.18 Å². The highest BCUT2D eigenvalue weighted by Gasteiger charge is 2.19. The average Bonchev–Trinajstić information content (AvgIpc) is 3.24. The molecule has 162 valence electrons. The molecule has 1 saturated heterocycles. The number of halogens is 1. The first-order chi connectivity index (χ1) is 15.1. The third-order valence-electron chi connectivity index (χ3n) is 5.93. The lowest BCUT2D eigenvalue weighted by atomic mass is 10.0. The van der Waals surface area contributed by atoms with Crippen LogP contribution < -0.4 is 5.32 Å². The Balaban J connectivity index is 1.48. The molecular formula is C25H29FN4O. The van der Waals surface area contributed by atoms with Gasteiger partial charge >= 0.3 is 0 Å². The molecule has 0 bridgehead atoms. The molecule has 0 saturated carbocycles. The summed E-state index contributed by atoms with van der Waals surface area (Å²) in [5.74, 6) is -0.497. The van der Waals surface area contributed by atoms with E-state index in [-0.39, 0.29) is 11.7 Å². The molecule has 6 heteroatoms. The minimum absolute atomic E-state index is 0.175. The highest BCUT2D eigenvalue weighted by Crippen LogP contribution is 2.22. The zero-order valence-corrected chi connectivity index (χ0v) is 17.9. The van der Waals surface area contributed by atoms with Gasteiger partial charge in [-0.05, 0) is 63.1 Å². The van der Waals surface area contributed by atoms with E-state index in [1.807, 2.05) is 30.3 Å². The molecule has 2 aromatic carbocycles. The van der Waals surface area contributed by atoms with E-state index < -0.39 is 0 Å². The van der Waals surface area contributed by atoms with Crippen LogP contribution in [0.4, 0.5) is 4.39 Å². The zero-order valence-electron chi connectivity index (χ0n) is 17.9. The summed E-state index contributed by atoms with van der Waals surface area (Å²) in [6, 6.07) is 18.2. The van der Waals surface area contributed by atoms with Gasteiger partial charge in [0.2, 0.25) is 0 Å². The smallest absolute Gasteiger partial charge is 0.270 e. The summed E-state index contributed by atoms with van der Waals surface area (Å²) in [5, 5.41) is 7.68. The van der Waals surface area contributed by atoms with Crippen LogP contribution in [0.3, 0.4) is 0 Å². The van der Waals surface area contributed by atoms with Crippen molar-refractivity contribution in [3.8, 4) is 16.9 Å². The van der Waals surface area contributed by atoms with Crippen molar-refractivity contribution in [2.75, 3.05) is 19.6 Å². The number of carbonyl (C=O) groups is 1. The van der Waals surface area contributed by atoms with E-state index in [2.05, 4.69) is 22.2 Å². The van der Waals surface area contributed by atoms with Gasteiger partial charge in [-0.25, -0.2) is 9.07 Å². The lowest BCUT2D eigenvalue weighted by Crippen LogP contribution is -2.39. The normalized spacial score (nSPS) is 16.9. The second-order valence-corrected chi connectivity index (χ2v) is 8.16. The van der Waals surface area contributed by atoms with Gasteiger partial charge in [0, 0.05) is 24.7 Å². The minimum atomic E-state index is -0.322. The van der Waals surface area contributed by atoms with Gasteiger partial charge in [-0.1, -0.05) is 36.8 Å². The number of carbonyl (C=O) groups excluding carboxylic acids is 1. The van der Waals surface area contributed by atoms with E-state index in [9.17, 15) is 9.18 Å². The second-order valence-electron chi connectivity index (χ2n) is 8.16. The maximum atomic E-state index is 13.4. The molecule has 1 aromatic heterocycles. The van der Waals surface area contributed by atoms with Crippen LogP contribution in [0.5, 0.6) is 0 Å². The van der Waals surface area contributed by atoms with Crippen molar-refractivity contribution in [1.82, 2.24) is 20.0 Å². The molecule has 3 aromatic rings. The summed E-state index contributed by atoms with van der Waals surface area (Å²) < 4.78 is 15.0. The number of piperidine rings is 1. The van der Waals surface area contributed by atoms with Crippen LogP contribution in [0.2, 0.25) is 0 Å². The number of nitrogens with zero attached hydrogens (tertiary/aromatic N) is 3. The van der Waals surface area contributed by atoms with E-state index in [0.717, 1.165) is 25.1 Å². The molecular weight excluding hydrogens is 391 g/mol. The number of amides is 1. The number of likely N-dealkylation sites (tertiary alicyclic amines) is 1. The summed E-state index contributed by atoms with van der Waals surface area (Å²) in [6.45, 7) is 5.03. The Morgan fingerprint density at radius 1 is 1.13 bits per heavy atom. The fourth-order valence-electron chi connectivity index (χ4n) is 4.14. The van der Waals surface area contributed by atoms with E-state index in [4.69, 9.17) is 0 Å². The van der Waals surface area contributed by atoms with E-state index in [1.165, 1.54) is 31.4 Å². The minimum Gasteiger partial charge on any atom is -0.351 e. The van der Waals surface area contributed by atoms with E-state index in [1.54, 1.807) is 22.9 Å². The molecule has 4 rings (SSSR count). The van der Waals surface area contributed by atoms with Gasteiger partial charge in [-0.2, -0.15) is 5.10 Å². The van der Waals surface area contributed by atoms with Gasteiger partial charge in [-0.3, -0.25) is 4.79 Å². The predicted molar refractivity (Wildman–Crippen MR) is 121 cm³/mol. The quantitative estimate of drug-likeness (QED) is 0.565. The molecule has 1 amide bonds. The maximum absolute atomic E-state index is 13.4. The SMILES string of the molecule is C[C@@H]1CCCCN1CCCNC(=O)c1cc(-c2ccccc2)nn1-c1ccc(F)cc1. The largest absolute Gasteiger partial charge is 0.351 e. The Labute approximate surface area is 182 Å². The van der Waals surface area contributed by atoms with Crippen molar-refractivity contribution in [2.45, 2.75) is 38.6 Å². The Hall–Kier alpha value is -2.99. The molecule has 2 heterocycles. The summed E-state index contributed by atoms with van der Waals surface area (Å²) in [6.07, 6.45) is 4.74. The lowest BCUT2D eigenvalue weighted by molar-refractivity contribution is 0.0941. The lowest BCUT2D eigenvalue weighted by Gasteiger charge is -2.33. The first-order valence-corrected chi connectivity index (χ1v) is 11.1. The molecule has 1 fully saturated rings. The van der Waals surface area contributed by atoms with Crippen molar-refractivity contribution in [3.63, 3.8) is 0 Å². The Bertz CT molecular complexity index is 1000. The van der Waals surface area contributed by atoms with Crippen LogP contribution in [0.15, 0.2) is 60.7 Å². The number of benzene rings is 2. The van der Waals surface area contributed by atoms with Gasteiger partial charge in [0.25, 0.3) is 5.91 Å². The van der Waals surface area contributed by atoms with Gasteiger partial charge in [0.1, 0.15) is 11.5 Å². The first kappa shape index (κ1) is 21.2. The van der Waals surface area contributed by atoms with E-state index >= 15 is 0 Å². The molecule has 1 aliphatic rings. The van der Waals surface area contributed by atoms with E-state index in [0.29, 0.717) is 29.7 Å². The molecule has 0 unspecified atom stereocenters. The molecule has 1 N–H and O–H groups in total. The summed E-state index contributed by atoms with van der Waals surface area (Å²) in [4.78, 5) is 15.5. The number of hydrogen-bond donors (Lipinski definition) is 1. The Morgan fingerprint density at radius 2 is 1.90 bits per heavy atom. The molecule has 1 atom stereocenters. The summed E-state index contributed by atoms with van der Waals surface area (Å²) in [5.41, 5.74) is 2.72. The van der Waals surface area contributed by atoms with Crippen molar-refractivity contribution >= 4 is 5.91 Å². The maximum Gasteiger partial charge on any atom is 0.270 e. The van der Waals surface area contributed by atoms with Gasteiger partial charge in [-0.15, -0.1) is 0 Å². The summed E-state index contributed by atoms with van der Waals surface area (Å²) in [7, 11) is 0. The van der Waals surface area contributed by atoms with Gasteiger partial charge < -0.3 is 10.2 Å². The number of nitrogens with one attached hydrogen (secondary N) is 1. The highest BCUT2D eigenvalue weighted by atomic mass is 19.1. The first-order valence-electron chi connectivity index (χ1n) is 11.1. The topological polar surface area (TPSA) is 50.2 Å². The summed E-state index contributed by atoms with van der Waals surface area (Å²) >= 11 is 0. The second kappa shape index (κ2) is 9.88. The van der Waals surface area contributed by atoms with Crippen molar-refractivity contribution in [2.24, 2.45) is 0 Å². The fraction of sp³-hybridized carbons (Fsp3) is 0.360. The fourth-order valence-corrected chi connectivity index (χ4v) is 4.14. The predicted octanol–water partition coefficient (Wildman–Crippen LogP) is 4.67. The van der Waals surface area contributed by atoms with Crippen molar-refractivity contribution in [1.29, 1.82) is 0 Å².